The first-order chi connectivity index (χ1) is 8.25. The van der Waals surface area contributed by atoms with Crippen LogP contribution in [0.25, 0.3) is 0 Å². The fourth-order valence-electron chi connectivity index (χ4n) is 2.31. The maximum atomic E-state index is 10.9. The van der Waals surface area contributed by atoms with Crippen molar-refractivity contribution in [3.63, 3.8) is 0 Å². The fourth-order valence-corrected chi connectivity index (χ4v) is 2.31. The van der Waals surface area contributed by atoms with Gasteiger partial charge >= 0.3 is 5.97 Å². The topological polar surface area (TPSA) is 53.4 Å². The monoisotopic (exact) mass is 234 g/mol. The van der Waals surface area contributed by atoms with E-state index < -0.39 is 5.97 Å². The molecule has 0 radical (unpaired) electrons. The summed E-state index contributed by atoms with van der Waals surface area (Å²) in [7, 11) is 0. The van der Waals surface area contributed by atoms with Crippen LogP contribution in [0, 0.1) is 5.92 Å². The first-order valence-corrected chi connectivity index (χ1v) is 6.10. The Kier molecular flexibility index (Phi) is 4.09. The number of aliphatic carboxylic acids is 1. The van der Waals surface area contributed by atoms with Crippen LogP contribution in [0.4, 0.5) is 0 Å². The van der Waals surface area contributed by atoms with E-state index in [1.807, 2.05) is 12.1 Å². The zero-order valence-corrected chi connectivity index (χ0v) is 9.88. The highest BCUT2D eigenvalue weighted by molar-refractivity contribution is 5.69. The Hall–Kier alpha value is -1.42. The second-order valence-corrected chi connectivity index (χ2v) is 4.60. The summed E-state index contributed by atoms with van der Waals surface area (Å²) in [5, 5.41) is 9.01. The van der Waals surface area contributed by atoms with Gasteiger partial charge in [-0.1, -0.05) is 0 Å². The lowest BCUT2D eigenvalue weighted by Crippen LogP contribution is -2.24. The lowest BCUT2D eigenvalue weighted by atomic mass is 10.0. The normalized spacial score (nSPS) is 22.0. The highest BCUT2D eigenvalue weighted by Crippen LogP contribution is 2.18. The van der Waals surface area contributed by atoms with E-state index in [9.17, 15) is 4.79 Å². The summed E-state index contributed by atoms with van der Waals surface area (Å²) in [6, 6.07) is 4.03. The molecule has 1 aliphatic heterocycles. The minimum atomic E-state index is -0.643. The molecule has 1 atom stereocenters. The van der Waals surface area contributed by atoms with Gasteiger partial charge in [0.15, 0.2) is 0 Å². The van der Waals surface area contributed by atoms with Crippen LogP contribution in [-0.4, -0.2) is 34.0 Å². The number of rotatable bonds is 3. The van der Waals surface area contributed by atoms with Crippen molar-refractivity contribution in [2.45, 2.75) is 25.8 Å². The Labute approximate surface area is 101 Å². The van der Waals surface area contributed by atoms with Crippen molar-refractivity contribution >= 4 is 5.97 Å². The predicted octanol–water partition coefficient (Wildman–Crippen LogP) is 1.77. The Morgan fingerprint density at radius 1 is 1.35 bits per heavy atom. The van der Waals surface area contributed by atoms with E-state index in [-0.39, 0.29) is 5.92 Å². The van der Waals surface area contributed by atoms with Gasteiger partial charge in [0.25, 0.3) is 0 Å². The summed E-state index contributed by atoms with van der Waals surface area (Å²) in [6.07, 6.45) is 6.14. The Morgan fingerprint density at radius 2 is 2.12 bits per heavy atom. The van der Waals surface area contributed by atoms with E-state index in [1.165, 1.54) is 5.56 Å². The van der Waals surface area contributed by atoms with Gasteiger partial charge in [0.2, 0.25) is 0 Å². The molecule has 0 spiro atoms. The number of hydrogen-bond donors (Lipinski definition) is 1. The summed E-state index contributed by atoms with van der Waals surface area (Å²) in [5.74, 6) is -0.798. The molecule has 1 aromatic rings. The largest absolute Gasteiger partial charge is 0.481 e. The molecule has 1 aromatic heterocycles. The van der Waals surface area contributed by atoms with Crippen LogP contribution >= 0.6 is 0 Å². The van der Waals surface area contributed by atoms with Crippen molar-refractivity contribution in [2.75, 3.05) is 13.1 Å². The van der Waals surface area contributed by atoms with Gasteiger partial charge in [0.05, 0.1) is 5.92 Å². The Morgan fingerprint density at radius 3 is 2.82 bits per heavy atom. The van der Waals surface area contributed by atoms with E-state index in [0.717, 1.165) is 38.9 Å². The third kappa shape index (κ3) is 3.53. The van der Waals surface area contributed by atoms with Crippen molar-refractivity contribution in [1.29, 1.82) is 0 Å². The molecule has 0 saturated carbocycles. The molecule has 0 amide bonds. The number of aromatic nitrogens is 1. The smallest absolute Gasteiger partial charge is 0.306 e. The van der Waals surface area contributed by atoms with Crippen molar-refractivity contribution in [3.8, 4) is 0 Å². The summed E-state index contributed by atoms with van der Waals surface area (Å²) >= 11 is 0. The molecule has 4 heteroatoms. The Bertz CT molecular complexity index is 367. The zero-order chi connectivity index (χ0) is 12.1. The molecule has 1 saturated heterocycles. The number of carboxylic acids is 1. The average Bonchev–Trinajstić information content (AvgIpc) is 2.56. The number of pyridine rings is 1. The first-order valence-electron chi connectivity index (χ1n) is 6.10. The molecule has 0 aromatic carbocycles. The molecule has 92 valence electrons. The molecule has 2 rings (SSSR count). The summed E-state index contributed by atoms with van der Waals surface area (Å²) < 4.78 is 0. The Balaban J connectivity index is 1.89. The maximum Gasteiger partial charge on any atom is 0.306 e. The summed E-state index contributed by atoms with van der Waals surface area (Å²) in [5.41, 5.74) is 1.24. The number of likely N-dealkylation sites (tertiary alicyclic amines) is 1. The molecule has 0 aliphatic carbocycles. The minimum absolute atomic E-state index is 0.155. The van der Waals surface area contributed by atoms with Gasteiger partial charge in [0.1, 0.15) is 0 Å². The van der Waals surface area contributed by atoms with Gasteiger partial charge in [-0.3, -0.25) is 14.7 Å². The van der Waals surface area contributed by atoms with Gasteiger partial charge in [-0.15, -0.1) is 0 Å². The van der Waals surface area contributed by atoms with Crippen molar-refractivity contribution in [3.05, 3.63) is 30.1 Å². The van der Waals surface area contributed by atoms with Gasteiger partial charge in [-0.25, -0.2) is 0 Å². The lowest BCUT2D eigenvalue weighted by molar-refractivity contribution is -0.142. The number of nitrogens with zero attached hydrogens (tertiary/aromatic N) is 2. The average molecular weight is 234 g/mol. The molecule has 1 fully saturated rings. The third-order valence-electron chi connectivity index (χ3n) is 3.33. The van der Waals surface area contributed by atoms with Crippen LogP contribution in [-0.2, 0) is 11.3 Å². The van der Waals surface area contributed by atoms with E-state index in [1.54, 1.807) is 12.4 Å². The molecular weight excluding hydrogens is 216 g/mol. The van der Waals surface area contributed by atoms with Gasteiger partial charge in [0, 0.05) is 18.9 Å². The summed E-state index contributed by atoms with van der Waals surface area (Å²) in [4.78, 5) is 17.3. The minimum Gasteiger partial charge on any atom is -0.481 e. The number of carbonyl (C=O) groups is 1. The van der Waals surface area contributed by atoms with E-state index in [4.69, 9.17) is 5.11 Å². The summed E-state index contributed by atoms with van der Waals surface area (Å²) in [6.45, 7) is 2.76. The van der Waals surface area contributed by atoms with Gasteiger partial charge < -0.3 is 5.11 Å². The molecular formula is C13H18N2O2. The van der Waals surface area contributed by atoms with E-state index >= 15 is 0 Å². The third-order valence-corrected chi connectivity index (χ3v) is 3.33. The standard InChI is InChI=1S/C13H18N2O2/c16-13(17)12-2-1-8-15(9-5-12)10-11-3-6-14-7-4-11/h3-4,6-7,12H,1-2,5,8-10H2,(H,16,17). The van der Waals surface area contributed by atoms with Crippen molar-refractivity contribution < 1.29 is 9.90 Å². The van der Waals surface area contributed by atoms with Crippen LogP contribution < -0.4 is 0 Å². The number of carboxylic acid groups (broad SMARTS) is 1. The maximum absolute atomic E-state index is 10.9. The molecule has 1 N–H and O–H groups in total. The second kappa shape index (κ2) is 5.77. The van der Waals surface area contributed by atoms with Gasteiger partial charge in [-0.05, 0) is 50.0 Å². The highest BCUT2D eigenvalue weighted by atomic mass is 16.4. The quantitative estimate of drug-likeness (QED) is 0.866. The zero-order valence-electron chi connectivity index (χ0n) is 9.88. The van der Waals surface area contributed by atoms with Crippen LogP contribution in [0.15, 0.2) is 24.5 Å². The lowest BCUT2D eigenvalue weighted by Gasteiger charge is -2.19. The van der Waals surface area contributed by atoms with Crippen LogP contribution in [0.1, 0.15) is 24.8 Å². The SMILES string of the molecule is O=C(O)C1CCCN(Cc2ccncc2)CC1. The molecule has 17 heavy (non-hydrogen) atoms. The molecule has 1 unspecified atom stereocenters. The van der Waals surface area contributed by atoms with Crippen molar-refractivity contribution in [2.24, 2.45) is 5.92 Å². The van der Waals surface area contributed by atoms with Crippen LogP contribution in [0.5, 0.6) is 0 Å². The molecule has 2 heterocycles. The van der Waals surface area contributed by atoms with Gasteiger partial charge in [-0.2, -0.15) is 0 Å². The van der Waals surface area contributed by atoms with Crippen molar-refractivity contribution in [1.82, 2.24) is 9.88 Å². The van der Waals surface area contributed by atoms with E-state index in [2.05, 4.69) is 9.88 Å². The van der Waals surface area contributed by atoms with Crippen LogP contribution in [0.3, 0.4) is 0 Å². The van der Waals surface area contributed by atoms with Crippen LogP contribution in [0.2, 0.25) is 0 Å². The fraction of sp³-hybridized carbons (Fsp3) is 0.538. The molecule has 1 aliphatic rings. The molecule has 0 bridgehead atoms. The highest BCUT2D eigenvalue weighted by Gasteiger charge is 2.22. The molecule has 4 nitrogen and oxygen atoms in total. The first kappa shape index (κ1) is 12.0. The van der Waals surface area contributed by atoms with E-state index in [0.29, 0.717) is 0 Å². The number of hydrogen-bond acceptors (Lipinski definition) is 3. The predicted molar refractivity (Wildman–Crippen MR) is 64.5 cm³/mol. The second-order valence-electron chi connectivity index (χ2n) is 4.60.